The van der Waals surface area contributed by atoms with Gasteiger partial charge in [0.2, 0.25) is 0 Å². The molecule has 1 aromatic carbocycles. The fourth-order valence-electron chi connectivity index (χ4n) is 2.48. The zero-order chi connectivity index (χ0) is 15.1. The Balaban J connectivity index is 1.82. The average molecular weight is 312 g/mol. The molecule has 1 aromatic rings. The Morgan fingerprint density at radius 3 is 2.86 bits per heavy atom. The highest BCUT2D eigenvalue weighted by Crippen LogP contribution is 2.17. The van der Waals surface area contributed by atoms with Crippen LogP contribution in [-0.4, -0.2) is 58.1 Å². The molecule has 118 valence electrons. The highest BCUT2D eigenvalue weighted by molar-refractivity contribution is 7.91. The van der Waals surface area contributed by atoms with Gasteiger partial charge in [0.05, 0.1) is 11.5 Å². The molecule has 0 amide bonds. The molecule has 0 atom stereocenters. The van der Waals surface area contributed by atoms with Crippen molar-refractivity contribution >= 4 is 9.84 Å². The number of hydrogen-bond acceptors (Lipinski definition) is 5. The van der Waals surface area contributed by atoms with Gasteiger partial charge in [-0.2, -0.15) is 0 Å². The highest BCUT2D eigenvalue weighted by Gasteiger charge is 2.18. The van der Waals surface area contributed by atoms with Crippen molar-refractivity contribution in [3.8, 4) is 5.75 Å². The van der Waals surface area contributed by atoms with E-state index in [1.807, 2.05) is 31.3 Å². The zero-order valence-electron chi connectivity index (χ0n) is 12.5. The van der Waals surface area contributed by atoms with Gasteiger partial charge in [-0.25, -0.2) is 8.42 Å². The van der Waals surface area contributed by atoms with E-state index in [1.54, 1.807) is 0 Å². The van der Waals surface area contributed by atoms with Crippen LogP contribution >= 0.6 is 0 Å². The third kappa shape index (κ3) is 5.30. The molecule has 0 aromatic heterocycles. The van der Waals surface area contributed by atoms with Crippen LogP contribution in [0.4, 0.5) is 0 Å². The number of ether oxygens (including phenoxy) is 1. The largest absolute Gasteiger partial charge is 0.492 e. The SMILES string of the molecule is CNCc1ccccc1OCCN1CCCS(=O)(=O)CC1. The summed E-state index contributed by atoms with van der Waals surface area (Å²) in [5, 5.41) is 3.12. The molecule has 0 radical (unpaired) electrons. The van der Waals surface area contributed by atoms with E-state index in [4.69, 9.17) is 4.74 Å². The summed E-state index contributed by atoms with van der Waals surface area (Å²) in [6.45, 7) is 3.58. The zero-order valence-corrected chi connectivity index (χ0v) is 13.4. The number of para-hydroxylation sites is 1. The predicted molar refractivity (Wildman–Crippen MR) is 84.4 cm³/mol. The summed E-state index contributed by atoms with van der Waals surface area (Å²) in [6, 6.07) is 7.98. The average Bonchev–Trinajstić information content (AvgIpc) is 2.62. The molecule has 1 aliphatic heterocycles. The van der Waals surface area contributed by atoms with Gasteiger partial charge in [-0.05, 0) is 26.1 Å². The maximum Gasteiger partial charge on any atom is 0.151 e. The monoisotopic (exact) mass is 312 g/mol. The summed E-state index contributed by atoms with van der Waals surface area (Å²) < 4.78 is 29.0. The molecule has 1 N–H and O–H groups in total. The molecule has 1 fully saturated rings. The van der Waals surface area contributed by atoms with Crippen LogP contribution in [0.2, 0.25) is 0 Å². The van der Waals surface area contributed by atoms with Gasteiger partial charge in [0.1, 0.15) is 12.4 Å². The molecule has 0 bridgehead atoms. The van der Waals surface area contributed by atoms with E-state index in [0.717, 1.165) is 37.4 Å². The molecule has 21 heavy (non-hydrogen) atoms. The van der Waals surface area contributed by atoms with E-state index < -0.39 is 9.84 Å². The minimum atomic E-state index is -2.83. The summed E-state index contributed by atoms with van der Waals surface area (Å²) in [7, 11) is -0.923. The highest BCUT2D eigenvalue weighted by atomic mass is 32.2. The summed E-state index contributed by atoms with van der Waals surface area (Å²) >= 11 is 0. The van der Waals surface area contributed by atoms with Gasteiger partial charge in [0.15, 0.2) is 9.84 Å². The number of hydrogen-bond donors (Lipinski definition) is 1. The van der Waals surface area contributed by atoms with Gasteiger partial charge >= 0.3 is 0 Å². The Hall–Kier alpha value is -1.11. The van der Waals surface area contributed by atoms with Crippen molar-refractivity contribution in [2.45, 2.75) is 13.0 Å². The lowest BCUT2D eigenvalue weighted by Crippen LogP contribution is -2.31. The van der Waals surface area contributed by atoms with E-state index in [1.165, 1.54) is 0 Å². The molecule has 0 spiro atoms. The Bertz CT molecular complexity index is 546. The minimum Gasteiger partial charge on any atom is -0.492 e. The second-order valence-electron chi connectivity index (χ2n) is 5.33. The number of rotatable bonds is 6. The molecule has 0 saturated carbocycles. The van der Waals surface area contributed by atoms with Crippen LogP contribution in [-0.2, 0) is 16.4 Å². The molecular formula is C15H24N2O3S. The predicted octanol–water partition coefficient (Wildman–Crippen LogP) is 0.905. The summed E-state index contributed by atoms with van der Waals surface area (Å²) in [6.07, 6.45) is 0.721. The molecule has 1 heterocycles. The smallest absolute Gasteiger partial charge is 0.151 e. The van der Waals surface area contributed by atoms with E-state index in [-0.39, 0.29) is 5.75 Å². The molecule has 1 saturated heterocycles. The first-order valence-electron chi connectivity index (χ1n) is 7.39. The van der Waals surface area contributed by atoms with Crippen LogP contribution in [0.25, 0.3) is 0 Å². The third-order valence-electron chi connectivity index (χ3n) is 3.65. The van der Waals surface area contributed by atoms with Crippen molar-refractivity contribution in [1.29, 1.82) is 0 Å². The Labute approximate surface area is 127 Å². The molecule has 0 aliphatic carbocycles. The van der Waals surface area contributed by atoms with E-state index in [0.29, 0.717) is 18.9 Å². The molecule has 1 aliphatic rings. The first-order valence-corrected chi connectivity index (χ1v) is 9.21. The fraction of sp³-hybridized carbons (Fsp3) is 0.600. The Kier molecular flexibility index (Phi) is 6.02. The van der Waals surface area contributed by atoms with Gasteiger partial charge in [0, 0.05) is 25.2 Å². The molecule has 5 nitrogen and oxygen atoms in total. The molecule has 0 unspecified atom stereocenters. The van der Waals surface area contributed by atoms with Crippen LogP contribution in [0.3, 0.4) is 0 Å². The lowest BCUT2D eigenvalue weighted by Gasteiger charge is -2.19. The van der Waals surface area contributed by atoms with Gasteiger partial charge in [0.25, 0.3) is 0 Å². The van der Waals surface area contributed by atoms with Crippen LogP contribution < -0.4 is 10.1 Å². The third-order valence-corrected chi connectivity index (χ3v) is 5.37. The first kappa shape index (κ1) is 16.3. The number of nitrogens with one attached hydrogen (secondary N) is 1. The van der Waals surface area contributed by atoms with Gasteiger partial charge in [-0.1, -0.05) is 18.2 Å². The summed E-state index contributed by atoms with van der Waals surface area (Å²) in [5.74, 6) is 1.48. The number of benzene rings is 1. The van der Waals surface area contributed by atoms with Crippen molar-refractivity contribution in [1.82, 2.24) is 10.2 Å². The van der Waals surface area contributed by atoms with Gasteiger partial charge < -0.3 is 10.1 Å². The minimum absolute atomic E-state index is 0.267. The Morgan fingerprint density at radius 2 is 2.05 bits per heavy atom. The molecular weight excluding hydrogens is 288 g/mol. The van der Waals surface area contributed by atoms with E-state index in [2.05, 4.69) is 10.2 Å². The van der Waals surface area contributed by atoms with Gasteiger partial charge in [-0.3, -0.25) is 4.90 Å². The van der Waals surface area contributed by atoms with Crippen molar-refractivity contribution in [2.24, 2.45) is 0 Å². The van der Waals surface area contributed by atoms with E-state index >= 15 is 0 Å². The first-order chi connectivity index (χ1) is 10.1. The number of nitrogens with zero attached hydrogens (tertiary/aromatic N) is 1. The lowest BCUT2D eigenvalue weighted by atomic mass is 10.2. The van der Waals surface area contributed by atoms with E-state index in [9.17, 15) is 8.42 Å². The quantitative estimate of drug-likeness (QED) is 0.846. The van der Waals surface area contributed by atoms with Crippen LogP contribution in [0.5, 0.6) is 5.75 Å². The van der Waals surface area contributed by atoms with Crippen molar-refractivity contribution < 1.29 is 13.2 Å². The van der Waals surface area contributed by atoms with Crippen molar-refractivity contribution in [3.63, 3.8) is 0 Å². The topological polar surface area (TPSA) is 58.6 Å². The lowest BCUT2D eigenvalue weighted by molar-refractivity contribution is 0.218. The Morgan fingerprint density at radius 1 is 1.24 bits per heavy atom. The maximum absolute atomic E-state index is 11.6. The van der Waals surface area contributed by atoms with Crippen LogP contribution in [0.15, 0.2) is 24.3 Å². The standard InChI is InChI=1S/C15H24N2O3S/c1-16-13-14-5-2-3-6-15(14)20-10-8-17-7-4-11-21(18,19)12-9-17/h2-3,5-6,16H,4,7-13H2,1H3. The van der Waals surface area contributed by atoms with Crippen LogP contribution in [0.1, 0.15) is 12.0 Å². The fourth-order valence-corrected chi connectivity index (χ4v) is 3.79. The van der Waals surface area contributed by atoms with Crippen molar-refractivity contribution in [2.75, 3.05) is 44.8 Å². The molecule has 6 heteroatoms. The second-order valence-corrected chi connectivity index (χ2v) is 7.64. The molecule has 2 rings (SSSR count). The second kappa shape index (κ2) is 7.77. The normalized spacial score (nSPS) is 19.1. The van der Waals surface area contributed by atoms with Crippen molar-refractivity contribution in [3.05, 3.63) is 29.8 Å². The van der Waals surface area contributed by atoms with Crippen LogP contribution in [0, 0.1) is 0 Å². The maximum atomic E-state index is 11.6. The number of sulfone groups is 1. The van der Waals surface area contributed by atoms with Gasteiger partial charge in [-0.15, -0.1) is 0 Å². The summed E-state index contributed by atoms with van der Waals surface area (Å²) in [5.41, 5.74) is 1.14. The summed E-state index contributed by atoms with van der Waals surface area (Å²) in [4.78, 5) is 2.17.